The second kappa shape index (κ2) is 8.14. The van der Waals surface area contributed by atoms with Crippen molar-refractivity contribution < 1.29 is 14.6 Å². The van der Waals surface area contributed by atoms with Crippen molar-refractivity contribution in [1.82, 2.24) is 5.32 Å². The van der Waals surface area contributed by atoms with Gasteiger partial charge in [-0.1, -0.05) is 24.3 Å². The Morgan fingerprint density at radius 2 is 1.88 bits per heavy atom. The van der Waals surface area contributed by atoms with Crippen LogP contribution in [0.1, 0.15) is 41.4 Å². The van der Waals surface area contributed by atoms with Gasteiger partial charge in [0, 0.05) is 6.54 Å². The summed E-state index contributed by atoms with van der Waals surface area (Å²) in [6.07, 6.45) is -0.753. The maximum absolute atomic E-state index is 12.1. The average molecular weight is 324 g/mol. The molecular weight excluding hydrogens is 304 g/mol. The van der Waals surface area contributed by atoms with Crippen molar-refractivity contribution in [3.05, 3.63) is 65.2 Å². The Morgan fingerprint density at radius 3 is 2.50 bits per heavy atom. The highest BCUT2D eigenvalue weighted by Gasteiger charge is 2.13. The number of ether oxygens (including phenoxy) is 1. The molecule has 2 rings (SSSR count). The molecule has 1 atom stereocenters. The first-order valence-corrected chi connectivity index (χ1v) is 7.73. The van der Waals surface area contributed by atoms with E-state index >= 15 is 0 Å². The van der Waals surface area contributed by atoms with Crippen LogP contribution in [0.5, 0.6) is 5.75 Å². The van der Waals surface area contributed by atoms with Crippen LogP contribution in [0, 0.1) is 11.3 Å². The van der Waals surface area contributed by atoms with E-state index in [9.17, 15) is 9.90 Å². The molecule has 0 radical (unpaired) electrons. The molecule has 24 heavy (non-hydrogen) atoms. The summed E-state index contributed by atoms with van der Waals surface area (Å²) in [5.74, 6) is 0.346. The Hall–Kier alpha value is -2.84. The minimum absolute atomic E-state index is 0.0585. The molecule has 0 bridgehead atoms. The number of amides is 1. The van der Waals surface area contributed by atoms with Crippen LogP contribution in [0.4, 0.5) is 0 Å². The van der Waals surface area contributed by atoms with Crippen LogP contribution in [0.25, 0.3) is 0 Å². The predicted molar refractivity (Wildman–Crippen MR) is 90.7 cm³/mol. The monoisotopic (exact) mass is 324 g/mol. The summed E-state index contributed by atoms with van der Waals surface area (Å²) in [5.41, 5.74) is 1.28. The van der Waals surface area contributed by atoms with Crippen LogP contribution >= 0.6 is 0 Å². The van der Waals surface area contributed by atoms with E-state index in [0.29, 0.717) is 16.7 Å². The van der Waals surface area contributed by atoms with Gasteiger partial charge in [0.2, 0.25) is 0 Å². The molecule has 0 saturated carbocycles. The Bertz CT molecular complexity index is 733. The molecule has 124 valence electrons. The number of nitrogens with zero attached hydrogens (tertiary/aromatic N) is 1. The average Bonchev–Trinajstić information content (AvgIpc) is 2.59. The lowest BCUT2D eigenvalue weighted by Gasteiger charge is -2.14. The van der Waals surface area contributed by atoms with E-state index in [1.807, 2.05) is 19.9 Å². The topological polar surface area (TPSA) is 82.3 Å². The molecule has 1 amide bonds. The Kier molecular flexibility index (Phi) is 5.94. The van der Waals surface area contributed by atoms with Crippen molar-refractivity contribution in [3.63, 3.8) is 0 Å². The first-order chi connectivity index (χ1) is 11.5. The lowest BCUT2D eigenvalue weighted by molar-refractivity contribution is 0.0916. The fourth-order valence-corrected chi connectivity index (χ4v) is 2.22. The molecule has 0 fully saturated rings. The highest BCUT2D eigenvalue weighted by Crippen LogP contribution is 2.18. The van der Waals surface area contributed by atoms with E-state index in [1.165, 1.54) is 0 Å². The van der Waals surface area contributed by atoms with Gasteiger partial charge in [-0.05, 0) is 43.7 Å². The van der Waals surface area contributed by atoms with E-state index in [1.54, 1.807) is 48.5 Å². The van der Waals surface area contributed by atoms with E-state index in [-0.39, 0.29) is 18.6 Å². The highest BCUT2D eigenvalue weighted by molar-refractivity contribution is 5.96. The number of rotatable bonds is 6. The maximum atomic E-state index is 12.1. The number of aliphatic hydroxyl groups is 1. The van der Waals surface area contributed by atoms with Gasteiger partial charge < -0.3 is 15.2 Å². The summed E-state index contributed by atoms with van der Waals surface area (Å²) in [6, 6.07) is 15.6. The second-order valence-electron chi connectivity index (χ2n) is 5.62. The van der Waals surface area contributed by atoms with Crippen molar-refractivity contribution in [1.29, 1.82) is 5.26 Å². The normalized spacial score (nSPS) is 11.6. The zero-order chi connectivity index (χ0) is 17.5. The van der Waals surface area contributed by atoms with Gasteiger partial charge in [0.05, 0.1) is 29.4 Å². The molecule has 0 aliphatic carbocycles. The molecular formula is C19H20N2O3. The number of nitrogens with one attached hydrogen (secondary N) is 1. The maximum Gasteiger partial charge on any atom is 0.252 e. The first kappa shape index (κ1) is 17.5. The van der Waals surface area contributed by atoms with Gasteiger partial charge in [0.25, 0.3) is 5.91 Å². The fraction of sp³-hybridized carbons (Fsp3) is 0.263. The molecule has 2 aromatic carbocycles. The molecule has 5 heteroatoms. The van der Waals surface area contributed by atoms with Gasteiger partial charge in [-0.3, -0.25) is 4.79 Å². The number of hydrogen-bond acceptors (Lipinski definition) is 4. The highest BCUT2D eigenvalue weighted by atomic mass is 16.5. The number of nitriles is 1. The lowest BCUT2D eigenvalue weighted by Crippen LogP contribution is -2.28. The third-order valence-electron chi connectivity index (χ3n) is 3.38. The molecule has 0 aromatic heterocycles. The van der Waals surface area contributed by atoms with E-state index in [0.717, 1.165) is 5.75 Å². The van der Waals surface area contributed by atoms with Crippen molar-refractivity contribution in [3.8, 4) is 11.8 Å². The quantitative estimate of drug-likeness (QED) is 0.856. The molecule has 1 unspecified atom stereocenters. The van der Waals surface area contributed by atoms with Gasteiger partial charge >= 0.3 is 0 Å². The molecule has 0 spiro atoms. The third-order valence-corrected chi connectivity index (χ3v) is 3.38. The summed E-state index contributed by atoms with van der Waals surface area (Å²) in [5, 5.41) is 21.9. The zero-order valence-electron chi connectivity index (χ0n) is 13.7. The Morgan fingerprint density at radius 1 is 1.21 bits per heavy atom. The molecule has 2 aromatic rings. The van der Waals surface area contributed by atoms with Crippen molar-refractivity contribution in [2.75, 3.05) is 6.54 Å². The van der Waals surface area contributed by atoms with Gasteiger partial charge in [0.1, 0.15) is 5.75 Å². The molecule has 0 heterocycles. The summed E-state index contributed by atoms with van der Waals surface area (Å²) in [6.45, 7) is 3.94. The van der Waals surface area contributed by atoms with Crippen molar-refractivity contribution >= 4 is 5.91 Å². The van der Waals surface area contributed by atoms with Crippen LogP contribution in [-0.4, -0.2) is 23.7 Å². The molecule has 2 N–H and O–H groups in total. The molecule has 0 aliphatic rings. The van der Waals surface area contributed by atoms with Gasteiger partial charge in [-0.15, -0.1) is 0 Å². The van der Waals surface area contributed by atoms with Gasteiger partial charge in [-0.2, -0.15) is 5.26 Å². The van der Waals surface area contributed by atoms with Crippen LogP contribution < -0.4 is 10.1 Å². The minimum Gasteiger partial charge on any atom is -0.491 e. The number of hydrogen-bond donors (Lipinski definition) is 2. The predicted octanol–water partition coefficient (Wildman–Crippen LogP) is 2.81. The van der Waals surface area contributed by atoms with Crippen LogP contribution in [-0.2, 0) is 0 Å². The van der Waals surface area contributed by atoms with Crippen molar-refractivity contribution in [2.24, 2.45) is 0 Å². The number of aliphatic hydroxyl groups excluding tert-OH is 1. The first-order valence-electron chi connectivity index (χ1n) is 7.73. The van der Waals surface area contributed by atoms with Gasteiger partial charge in [0.15, 0.2) is 0 Å². The summed E-state index contributed by atoms with van der Waals surface area (Å²) in [4.78, 5) is 12.1. The van der Waals surface area contributed by atoms with E-state index < -0.39 is 6.10 Å². The lowest BCUT2D eigenvalue weighted by atomic mass is 10.1. The summed E-state index contributed by atoms with van der Waals surface area (Å²) in [7, 11) is 0. The Balaban J connectivity index is 1.96. The molecule has 5 nitrogen and oxygen atoms in total. The summed E-state index contributed by atoms with van der Waals surface area (Å²) >= 11 is 0. The van der Waals surface area contributed by atoms with Crippen LogP contribution in [0.15, 0.2) is 48.5 Å². The third kappa shape index (κ3) is 4.58. The second-order valence-corrected chi connectivity index (χ2v) is 5.62. The molecule has 0 aliphatic heterocycles. The zero-order valence-corrected chi connectivity index (χ0v) is 13.7. The van der Waals surface area contributed by atoms with E-state index in [2.05, 4.69) is 5.32 Å². The van der Waals surface area contributed by atoms with E-state index in [4.69, 9.17) is 10.00 Å². The summed E-state index contributed by atoms with van der Waals surface area (Å²) < 4.78 is 5.55. The van der Waals surface area contributed by atoms with Gasteiger partial charge in [-0.25, -0.2) is 0 Å². The number of carbonyl (C=O) groups is 1. The minimum atomic E-state index is -0.837. The standard InChI is InChI=1S/C19H20N2O3/c1-13(2)24-16-9-7-14(8-10-16)18(22)12-21-19(23)17-6-4-3-5-15(17)11-20/h3-10,13,18,22H,12H2,1-2H3,(H,21,23). The fourth-order valence-electron chi connectivity index (χ4n) is 2.22. The number of carbonyl (C=O) groups excluding carboxylic acids is 1. The Labute approximate surface area is 141 Å². The van der Waals surface area contributed by atoms with Crippen molar-refractivity contribution in [2.45, 2.75) is 26.1 Å². The number of benzene rings is 2. The van der Waals surface area contributed by atoms with Crippen LogP contribution in [0.2, 0.25) is 0 Å². The largest absolute Gasteiger partial charge is 0.491 e. The molecule has 0 saturated heterocycles. The SMILES string of the molecule is CC(C)Oc1ccc(C(O)CNC(=O)c2ccccc2C#N)cc1. The van der Waals surface area contributed by atoms with Crippen LogP contribution in [0.3, 0.4) is 0 Å². The smallest absolute Gasteiger partial charge is 0.252 e.